The summed E-state index contributed by atoms with van der Waals surface area (Å²) in [6.07, 6.45) is -4.52. The van der Waals surface area contributed by atoms with Gasteiger partial charge in [-0.1, -0.05) is 12.1 Å². The highest BCUT2D eigenvalue weighted by molar-refractivity contribution is 6.01. The van der Waals surface area contributed by atoms with Gasteiger partial charge in [-0.15, -0.1) is 13.2 Å². The van der Waals surface area contributed by atoms with Crippen molar-refractivity contribution in [2.75, 3.05) is 13.2 Å². The number of hydrogen-bond donors (Lipinski definition) is 0. The topological polar surface area (TPSA) is 55.8 Å². The molecule has 0 saturated carbocycles. The third kappa shape index (κ3) is 3.40. The Hall–Kier alpha value is -2.25. The second-order valence-electron chi connectivity index (χ2n) is 5.25. The van der Waals surface area contributed by atoms with Crippen LogP contribution in [0.5, 0.6) is 5.75 Å². The zero-order valence-electron chi connectivity index (χ0n) is 12.6. The number of ether oxygens (including phenoxy) is 2. The molecule has 1 fully saturated rings. The molecule has 2 rings (SSSR count). The lowest BCUT2D eigenvalue weighted by molar-refractivity contribution is -0.274. The number of para-hydroxylation sites is 1. The average molecular weight is 331 g/mol. The fourth-order valence-corrected chi connectivity index (χ4v) is 2.39. The minimum absolute atomic E-state index is 0.157. The summed E-state index contributed by atoms with van der Waals surface area (Å²) < 4.78 is 46.1. The Balaban J connectivity index is 2.26. The van der Waals surface area contributed by atoms with Crippen LogP contribution in [-0.4, -0.2) is 41.8 Å². The molecule has 8 heteroatoms. The zero-order chi connectivity index (χ0) is 17.3. The van der Waals surface area contributed by atoms with E-state index in [1.54, 1.807) is 6.92 Å². The number of esters is 1. The number of hydrogen-bond acceptors (Lipinski definition) is 4. The van der Waals surface area contributed by atoms with Crippen molar-refractivity contribution >= 4 is 11.9 Å². The fourth-order valence-electron chi connectivity index (χ4n) is 2.39. The van der Waals surface area contributed by atoms with Gasteiger partial charge in [-0.05, 0) is 32.4 Å². The number of rotatable bonds is 4. The van der Waals surface area contributed by atoms with Crippen molar-refractivity contribution in [2.45, 2.75) is 32.2 Å². The molecule has 1 unspecified atom stereocenters. The van der Waals surface area contributed by atoms with Gasteiger partial charge in [0.15, 0.2) is 0 Å². The van der Waals surface area contributed by atoms with Crippen LogP contribution >= 0.6 is 0 Å². The predicted octanol–water partition coefficient (Wildman–Crippen LogP) is 2.75. The number of carbonyl (C=O) groups excluding carboxylic acids is 2. The number of alkyl halides is 3. The van der Waals surface area contributed by atoms with Crippen LogP contribution in [-0.2, 0) is 9.53 Å². The Morgan fingerprint density at radius 3 is 2.48 bits per heavy atom. The Morgan fingerprint density at radius 1 is 1.30 bits per heavy atom. The largest absolute Gasteiger partial charge is 0.573 e. The van der Waals surface area contributed by atoms with E-state index in [4.69, 9.17) is 4.74 Å². The Labute approximate surface area is 131 Å². The van der Waals surface area contributed by atoms with Crippen LogP contribution in [0.2, 0.25) is 0 Å². The normalized spacial score (nSPS) is 20.7. The summed E-state index contributed by atoms with van der Waals surface area (Å²) in [7, 11) is 0. The molecule has 0 N–H and O–H groups in total. The fraction of sp³-hybridized carbons (Fsp3) is 0.467. The highest BCUT2D eigenvalue weighted by Gasteiger charge is 2.51. The molecule has 0 aromatic heterocycles. The van der Waals surface area contributed by atoms with E-state index in [9.17, 15) is 22.8 Å². The molecule has 1 aromatic carbocycles. The molecule has 1 heterocycles. The first-order valence-corrected chi connectivity index (χ1v) is 7.03. The lowest BCUT2D eigenvalue weighted by atomic mass is 9.85. The first-order chi connectivity index (χ1) is 10.7. The van der Waals surface area contributed by atoms with E-state index in [0.29, 0.717) is 6.42 Å². The number of nitrogens with zero attached hydrogens (tertiary/aromatic N) is 1. The van der Waals surface area contributed by atoms with E-state index in [0.717, 1.165) is 6.07 Å². The quantitative estimate of drug-likeness (QED) is 0.796. The zero-order valence-corrected chi connectivity index (χ0v) is 12.6. The maximum atomic E-state index is 12.5. The molecular formula is C15H16F3NO4. The summed E-state index contributed by atoms with van der Waals surface area (Å²) in [6.45, 7) is 3.58. The molecule has 5 nitrogen and oxygen atoms in total. The first kappa shape index (κ1) is 17.1. The maximum Gasteiger partial charge on any atom is 0.573 e. The van der Waals surface area contributed by atoms with E-state index in [2.05, 4.69) is 4.74 Å². The van der Waals surface area contributed by atoms with E-state index in [1.165, 1.54) is 30.0 Å². The smallest absolute Gasteiger partial charge is 0.464 e. The third-order valence-electron chi connectivity index (χ3n) is 3.72. The minimum Gasteiger partial charge on any atom is -0.464 e. The molecular weight excluding hydrogens is 315 g/mol. The van der Waals surface area contributed by atoms with Gasteiger partial charge in [-0.3, -0.25) is 4.79 Å². The van der Waals surface area contributed by atoms with Crippen LogP contribution in [0.15, 0.2) is 24.3 Å². The molecule has 0 spiro atoms. The summed E-state index contributed by atoms with van der Waals surface area (Å²) in [5.41, 5.74) is -1.42. The van der Waals surface area contributed by atoms with Crippen molar-refractivity contribution < 1.29 is 32.2 Å². The van der Waals surface area contributed by atoms with Gasteiger partial charge >= 0.3 is 12.3 Å². The number of likely N-dealkylation sites (tertiary alicyclic amines) is 1. The molecule has 1 aliphatic heterocycles. The van der Waals surface area contributed by atoms with Gasteiger partial charge < -0.3 is 14.4 Å². The van der Waals surface area contributed by atoms with Crippen molar-refractivity contribution in [1.82, 2.24) is 4.90 Å². The van der Waals surface area contributed by atoms with Gasteiger partial charge in [0.25, 0.3) is 5.91 Å². The van der Waals surface area contributed by atoms with Crippen molar-refractivity contribution in [3.63, 3.8) is 0 Å². The second kappa shape index (κ2) is 6.10. The highest BCUT2D eigenvalue weighted by Crippen LogP contribution is 2.35. The number of carbonyl (C=O) groups is 2. The minimum atomic E-state index is -4.91. The monoisotopic (exact) mass is 331 g/mol. The lowest BCUT2D eigenvalue weighted by Gasteiger charge is -2.48. The van der Waals surface area contributed by atoms with Crippen LogP contribution in [0.4, 0.5) is 13.2 Å². The van der Waals surface area contributed by atoms with Gasteiger partial charge in [-0.2, -0.15) is 0 Å². The van der Waals surface area contributed by atoms with Crippen LogP contribution in [0.3, 0.4) is 0 Å². The maximum absolute atomic E-state index is 12.5. The number of benzene rings is 1. The summed E-state index contributed by atoms with van der Waals surface area (Å²) in [4.78, 5) is 25.7. The van der Waals surface area contributed by atoms with Crippen LogP contribution in [0.25, 0.3) is 0 Å². The molecule has 1 aromatic rings. The van der Waals surface area contributed by atoms with E-state index >= 15 is 0 Å². The van der Waals surface area contributed by atoms with Gasteiger partial charge in [0, 0.05) is 6.54 Å². The SMILES string of the molecule is CCOC(=O)C1(C)CCN1C(=O)c1ccccc1OC(F)(F)F. The van der Waals surface area contributed by atoms with E-state index in [1.807, 2.05) is 0 Å². The number of amides is 1. The van der Waals surface area contributed by atoms with Gasteiger partial charge in [0.1, 0.15) is 11.3 Å². The summed E-state index contributed by atoms with van der Waals surface area (Å²) in [6, 6.07) is 5.05. The molecule has 1 amide bonds. The first-order valence-electron chi connectivity index (χ1n) is 7.03. The Kier molecular flexibility index (Phi) is 4.53. The van der Waals surface area contributed by atoms with Crippen LogP contribution in [0.1, 0.15) is 30.6 Å². The van der Waals surface area contributed by atoms with Gasteiger partial charge in [0.05, 0.1) is 12.2 Å². The van der Waals surface area contributed by atoms with Crippen molar-refractivity contribution in [1.29, 1.82) is 0 Å². The van der Waals surface area contributed by atoms with Gasteiger partial charge in [0.2, 0.25) is 0 Å². The number of halogens is 3. The Bertz CT molecular complexity index is 617. The third-order valence-corrected chi connectivity index (χ3v) is 3.72. The standard InChI is InChI=1S/C15H16F3NO4/c1-3-22-13(21)14(2)8-9-19(14)12(20)10-6-4-5-7-11(10)23-15(16,17)18/h4-7H,3,8-9H2,1-2H3. The summed E-state index contributed by atoms with van der Waals surface area (Å²) in [5, 5.41) is 0. The lowest BCUT2D eigenvalue weighted by Crippen LogP contribution is -2.65. The Morgan fingerprint density at radius 2 is 1.96 bits per heavy atom. The highest BCUT2D eigenvalue weighted by atomic mass is 19.4. The van der Waals surface area contributed by atoms with Crippen molar-refractivity contribution in [3.8, 4) is 5.75 Å². The average Bonchev–Trinajstić information content (AvgIpc) is 2.44. The van der Waals surface area contributed by atoms with E-state index < -0.39 is 29.5 Å². The molecule has 0 radical (unpaired) electrons. The molecule has 126 valence electrons. The predicted molar refractivity (Wildman–Crippen MR) is 73.8 cm³/mol. The second-order valence-corrected chi connectivity index (χ2v) is 5.25. The van der Waals surface area contributed by atoms with Crippen molar-refractivity contribution in [2.24, 2.45) is 0 Å². The molecule has 1 saturated heterocycles. The van der Waals surface area contributed by atoms with Gasteiger partial charge in [-0.25, -0.2) is 4.79 Å². The summed E-state index contributed by atoms with van der Waals surface area (Å²) in [5.74, 6) is -1.87. The van der Waals surface area contributed by atoms with Crippen LogP contribution in [0, 0.1) is 0 Å². The van der Waals surface area contributed by atoms with Crippen molar-refractivity contribution in [3.05, 3.63) is 29.8 Å². The van der Waals surface area contributed by atoms with E-state index in [-0.39, 0.29) is 18.7 Å². The molecule has 1 aliphatic rings. The summed E-state index contributed by atoms with van der Waals surface area (Å²) >= 11 is 0. The van der Waals surface area contributed by atoms with Crippen LogP contribution < -0.4 is 4.74 Å². The molecule has 0 aliphatic carbocycles. The molecule has 1 atom stereocenters. The molecule has 0 bridgehead atoms. The molecule has 23 heavy (non-hydrogen) atoms.